The zero-order valence-electron chi connectivity index (χ0n) is 19.1. The Labute approximate surface area is 199 Å². The third-order valence-corrected chi connectivity index (χ3v) is 5.89. The number of nitrogens with one attached hydrogen (secondary N) is 1. The summed E-state index contributed by atoms with van der Waals surface area (Å²) in [6, 6.07) is 33.9. The number of carbonyl (C=O) groups is 1. The van der Waals surface area contributed by atoms with Crippen molar-refractivity contribution in [3.05, 3.63) is 114 Å². The zero-order chi connectivity index (χ0) is 23.3. The number of amides is 1. The molecular weight excluding hydrogens is 420 g/mol. The lowest BCUT2D eigenvalue weighted by Crippen LogP contribution is -2.34. The highest BCUT2D eigenvalue weighted by atomic mass is 16.2. The first-order chi connectivity index (χ1) is 16.7. The number of benzene rings is 3. The Balaban J connectivity index is 1.47. The van der Waals surface area contributed by atoms with Crippen LogP contribution in [-0.2, 0) is 6.42 Å². The molecule has 0 aliphatic rings. The summed E-state index contributed by atoms with van der Waals surface area (Å²) in [5.74, 6) is -0.159. The van der Waals surface area contributed by atoms with Crippen LogP contribution >= 0.6 is 0 Å². The molecule has 2 aromatic heterocycles. The Hall–Kier alpha value is -4.25. The molecule has 1 atom stereocenters. The van der Waals surface area contributed by atoms with Gasteiger partial charge < -0.3 is 5.32 Å². The summed E-state index contributed by atoms with van der Waals surface area (Å²) < 4.78 is 1.65. The summed E-state index contributed by atoms with van der Waals surface area (Å²) in [4.78, 5) is 18.2. The quantitative estimate of drug-likeness (QED) is 0.343. The average Bonchev–Trinajstić information content (AvgIpc) is 3.33. The smallest absolute Gasteiger partial charge is 0.270 e. The van der Waals surface area contributed by atoms with Crippen LogP contribution in [0.5, 0.6) is 0 Å². The number of rotatable bonds is 7. The number of fused-ring (bicyclic) bond motifs is 1. The van der Waals surface area contributed by atoms with Gasteiger partial charge in [-0.25, -0.2) is 9.50 Å². The van der Waals surface area contributed by atoms with Crippen molar-refractivity contribution in [2.45, 2.75) is 25.8 Å². The molecule has 1 amide bonds. The molecule has 5 heteroatoms. The highest BCUT2D eigenvalue weighted by Gasteiger charge is 2.18. The maximum absolute atomic E-state index is 13.4. The van der Waals surface area contributed by atoms with Gasteiger partial charge >= 0.3 is 0 Å². The van der Waals surface area contributed by atoms with E-state index in [1.54, 1.807) is 4.52 Å². The SMILES string of the molecule is C[C@H](CCc1ccccc1)NC(=O)c1cc(-c2ccccc2)nc2cc(-c3ccccc3)nn12. The van der Waals surface area contributed by atoms with Crippen LogP contribution in [0.4, 0.5) is 0 Å². The minimum Gasteiger partial charge on any atom is -0.348 e. The Bertz CT molecular complexity index is 1400. The van der Waals surface area contributed by atoms with Crippen molar-refractivity contribution < 1.29 is 4.79 Å². The topological polar surface area (TPSA) is 59.3 Å². The lowest BCUT2D eigenvalue weighted by molar-refractivity contribution is 0.0931. The van der Waals surface area contributed by atoms with Crippen molar-refractivity contribution in [2.24, 2.45) is 0 Å². The molecule has 0 spiro atoms. The second-order valence-corrected chi connectivity index (χ2v) is 8.46. The van der Waals surface area contributed by atoms with Crippen molar-refractivity contribution >= 4 is 11.6 Å². The highest BCUT2D eigenvalue weighted by Crippen LogP contribution is 2.24. The van der Waals surface area contributed by atoms with Gasteiger partial charge in [0.1, 0.15) is 5.69 Å². The predicted octanol–water partition coefficient (Wildman–Crippen LogP) is 5.81. The first kappa shape index (κ1) is 21.6. The van der Waals surface area contributed by atoms with Crippen molar-refractivity contribution in [2.75, 3.05) is 0 Å². The Morgan fingerprint density at radius 2 is 1.41 bits per heavy atom. The van der Waals surface area contributed by atoms with E-state index in [9.17, 15) is 4.79 Å². The summed E-state index contributed by atoms with van der Waals surface area (Å²) in [5.41, 5.74) is 5.84. The molecule has 0 saturated heterocycles. The van der Waals surface area contributed by atoms with Crippen molar-refractivity contribution in [3.63, 3.8) is 0 Å². The van der Waals surface area contributed by atoms with E-state index in [1.807, 2.05) is 97.9 Å². The van der Waals surface area contributed by atoms with Gasteiger partial charge in [0.25, 0.3) is 5.91 Å². The maximum Gasteiger partial charge on any atom is 0.270 e. The van der Waals surface area contributed by atoms with Gasteiger partial charge in [0.15, 0.2) is 5.65 Å². The number of aromatic nitrogens is 3. The third kappa shape index (κ3) is 4.74. The molecule has 168 valence electrons. The molecule has 0 bridgehead atoms. The van der Waals surface area contributed by atoms with Crippen LogP contribution in [0.2, 0.25) is 0 Å². The predicted molar refractivity (Wildman–Crippen MR) is 136 cm³/mol. The van der Waals surface area contributed by atoms with Crippen LogP contribution < -0.4 is 5.32 Å². The van der Waals surface area contributed by atoms with Crippen LogP contribution in [0.25, 0.3) is 28.2 Å². The molecule has 0 aliphatic carbocycles. The fraction of sp³-hybridized carbons (Fsp3) is 0.138. The standard InChI is InChI=1S/C29H26N4O/c1-21(17-18-22-11-5-2-6-12-22)30-29(34)27-19-25(23-13-7-3-8-14-23)31-28-20-26(32-33(27)28)24-15-9-4-10-16-24/h2-16,19-21H,17-18H2,1H3,(H,30,34)/t21-/m1/s1. The highest BCUT2D eigenvalue weighted by molar-refractivity contribution is 5.94. The molecule has 2 heterocycles. The molecule has 0 saturated carbocycles. The van der Waals surface area contributed by atoms with Crippen LogP contribution in [0.1, 0.15) is 29.4 Å². The number of carbonyl (C=O) groups excluding carboxylic acids is 1. The zero-order valence-corrected chi connectivity index (χ0v) is 19.1. The second kappa shape index (κ2) is 9.71. The first-order valence-electron chi connectivity index (χ1n) is 11.5. The van der Waals surface area contributed by atoms with Gasteiger partial charge in [0, 0.05) is 23.2 Å². The van der Waals surface area contributed by atoms with Gasteiger partial charge in [-0.1, -0.05) is 91.0 Å². The third-order valence-electron chi connectivity index (χ3n) is 5.89. The van der Waals surface area contributed by atoms with Crippen molar-refractivity contribution in [1.29, 1.82) is 0 Å². The first-order valence-corrected chi connectivity index (χ1v) is 11.5. The van der Waals surface area contributed by atoms with E-state index in [-0.39, 0.29) is 11.9 Å². The van der Waals surface area contributed by atoms with E-state index in [0.717, 1.165) is 35.4 Å². The minimum absolute atomic E-state index is 0.0141. The molecule has 5 rings (SSSR count). The molecule has 5 aromatic rings. The Morgan fingerprint density at radius 1 is 0.824 bits per heavy atom. The summed E-state index contributed by atoms with van der Waals surface area (Å²) >= 11 is 0. The van der Waals surface area contributed by atoms with E-state index >= 15 is 0 Å². The van der Waals surface area contributed by atoms with Gasteiger partial charge in [-0.15, -0.1) is 0 Å². The number of hydrogen-bond acceptors (Lipinski definition) is 3. The molecular formula is C29H26N4O. The van der Waals surface area contributed by atoms with E-state index in [4.69, 9.17) is 10.1 Å². The van der Waals surface area contributed by atoms with Gasteiger partial charge in [-0.2, -0.15) is 5.10 Å². The largest absolute Gasteiger partial charge is 0.348 e. The molecule has 0 aliphatic heterocycles. The summed E-state index contributed by atoms with van der Waals surface area (Å²) in [6.07, 6.45) is 1.76. The number of aryl methyl sites for hydroxylation is 1. The molecule has 3 aromatic carbocycles. The van der Waals surface area contributed by atoms with Crippen molar-refractivity contribution in [3.8, 4) is 22.5 Å². The van der Waals surface area contributed by atoms with E-state index in [2.05, 4.69) is 17.4 Å². The Kier molecular flexibility index (Phi) is 6.17. The minimum atomic E-state index is -0.159. The van der Waals surface area contributed by atoms with E-state index < -0.39 is 0 Å². The maximum atomic E-state index is 13.4. The summed E-state index contributed by atoms with van der Waals surface area (Å²) in [6.45, 7) is 2.04. The molecule has 0 fully saturated rings. The molecule has 1 N–H and O–H groups in total. The van der Waals surface area contributed by atoms with Crippen LogP contribution in [0.15, 0.2) is 103 Å². The summed E-state index contributed by atoms with van der Waals surface area (Å²) in [5, 5.41) is 7.89. The van der Waals surface area contributed by atoms with Crippen LogP contribution in [0, 0.1) is 0 Å². The normalized spacial score (nSPS) is 11.9. The molecule has 5 nitrogen and oxygen atoms in total. The van der Waals surface area contributed by atoms with Gasteiger partial charge in [-0.3, -0.25) is 4.79 Å². The Morgan fingerprint density at radius 3 is 2.06 bits per heavy atom. The van der Waals surface area contributed by atoms with E-state index in [0.29, 0.717) is 11.3 Å². The average molecular weight is 447 g/mol. The van der Waals surface area contributed by atoms with Crippen molar-refractivity contribution in [1.82, 2.24) is 19.9 Å². The van der Waals surface area contributed by atoms with Crippen LogP contribution in [-0.4, -0.2) is 26.5 Å². The monoisotopic (exact) mass is 446 g/mol. The number of hydrogen-bond donors (Lipinski definition) is 1. The molecule has 0 unspecified atom stereocenters. The molecule has 0 radical (unpaired) electrons. The summed E-state index contributed by atoms with van der Waals surface area (Å²) in [7, 11) is 0. The lowest BCUT2D eigenvalue weighted by Gasteiger charge is -2.15. The van der Waals surface area contributed by atoms with Gasteiger partial charge in [-0.05, 0) is 31.4 Å². The van der Waals surface area contributed by atoms with Gasteiger partial charge in [0.05, 0.1) is 11.4 Å². The lowest BCUT2D eigenvalue weighted by atomic mass is 10.1. The second-order valence-electron chi connectivity index (χ2n) is 8.46. The fourth-order valence-corrected chi connectivity index (χ4v) is 4.04. The van der Waals surface area contributed by atoms with Crippen LogP contribution in [0.3, 0.4) is 0 Å². The fourth-order valence-electron chi connectivity index (χ4n) is 4.04. The van der Waals surface area contributed by atoms with E-state index in [1.165, 1.54) is 5.56 Å². The molecule has 34 heavy (non-hydrogen) atoms. The van der Waals surface area contributed by atoms with Gasteiger partial charge in [0.2, 0.25) is 0 Å². The number of nitrogens with zero attached hydrogens (tertiary/aromatic N) is 3.